The minimum Gasteiger partial charge on any atom is -0.271 e. The van der Waals surface area contributed by atoms with E-state index < -0.39 is 0 Å². The third kappa shape index (κ3) is 5.31. The average Bonchev–Trinajstić information content (AvgIpc) is 2.30. The van der Waals surface area contributed by atoms with Crippen LogP contribution in [-0.4, -0.2) is 6.04 Å². The maximum absolute atomic E-state index is 5.68. The van der Waals surface area contributed by atoms with Crippen LogP contribution in [0.15, 0.2) is 0 Å². The minimum atomic E-state index is 0.546. The Hall–Kier alpha value is -0.0800. The van der Waals surface area contributed by atoms with E-state index in [0.717, 1.165) is 11.8 Å². The van der Waals surface area contributed by atoms with Crippen LogP contribution >= 0.6 is 0 Å². The molecule has 0 aliphatic heterocycles. The summed E-state index contributed by atoms with van der Waals surface area (Å²) in [4.78, 5) is 0. The van der Waals surface area contributed by atoms with Gasteiger partial charge in [-0.05, 0) is 24.7 Å². The van der Waals surface area contributed by atoms with Crippen molar-refractivity contribution in [3.05, 3.63) is 0 Å². The lowest BCUT2D eigenvalue weighted by Crippen LogP contribution is -2.38. The van der Waals surface area contributed by atoms with Gasteiger partial charge in [-0.2, -0.15) is 0 Å². The number of hydrazine groups is 1. The SMILES string of the molecule is CCCC(C)CC(CC1CCCCC1)NN. The summed E-state index contributed by atoms with van der Waals surface area (Å²) >= 11 is 0. The third-order valence-corrected chi connectivity index (χ3v) is 4.05. The summed E-state index contributed by atoms with van der Waals surface area (Å²) in [5.74, 6) is 7.43. The first-order chi connectivity index (χ1) is 7.76. The lowest BCUT2D eigenvalue weighted by Gasteiger charge is -2.27. The molecule has 1 aliphatic carbocycles. The molecule has 1 rings (SSSR count). The number of hydrogen-bond acceptors (Lipinski definition) is 2. The Morgan fingerprint density at radius 3 is 2.50 bits per heavy atom. The second-order valence-electron chi connectivity index (χ2n) is 5.73. The molecule has 2 heteroatoms. The van der Waals surface area contributed by atoms with Crippen LogP contribution in [0.1, 0.15) is 71.6 Å². The van der Waals surface area contributed by atoms with Crippen LogP contribution in [-0.2, 0) is 0 Å². The number of nitrogens with one attached hydrogen (secondary N) is 1. The molecule has 16 heavy (non-hydrogen) atoms. The average molecular weight is 226 g/mol. The summed E-state index contributed by atoms with van der Waals surface area (Å²) in [7, 11) is 0. The van der Waals surface area contributed by atoms with Gasteiger partial charge in [0.15, 0.2) is 0 Å². The molecule has 0 saturated heterocycles. The van der Waals surface area contributed by atoms with Crippen molar-refractivity contribution in [2.75, 3.05) is 0 Å². The highest BCUT2D eigenvalue weighted by Crippen LogP contribution is 2.28. The van der Waals surface area contributed by atoms with Crippen LogP contribution < -0.4 is 11.3 Å². The van der Waals surface area contributed by atoms with Gasteiger partial charge >= 0.3 is 0 Å². The molecular formula is C14H30N2. The molecule has 3 N–H and O–H groups in total. The zero-order valence-electron chi connectivity index (χ0n) is 11.2. The van der Waals surface area contributed by atoms with Gasteiger partial charge in [-0.3, -0.25) is 11.3 Å². The summed E-state index contributed by atoms with van der Waals surface area (Å²) in [6, 6.07) is 0.546. The van der Waals surface area contributed by atoms with Crippen LogP contribution in [0.2, 0.25) is 0 Å². The van der Waals surface area contributed by atoms with Crippen LogP contribution in [0, 0.1) is 11.8 Å². The Morgan fingerprint density at radius 1 is 1.25 bits per heavy atom. The summed E-state index contributed by atoms with van der Waals surface area (Å²) in [5, 5.41) is 0. The normalized spacial score (nSPS) is 21.9. The van der Waals surface area contributed by atoms with Crippen molar-refractivity contribution in [1.82, 2.24) is 5.43 Å². The van der Waals surface area contributed by atoms with Gasteiger partial charge < -0.3 is 0 Å². The van der Waals surface area contributed by atoms with Gasteiger partial charge in [0.05, 0.1) is 0 Å². The first kappa shape index (κ1) is 14.0. The monoisotopic (exact) mass is 226 g/mol. The maximum Gasteiger partial charge on any atom is 0.0215 e. The highest BCUT2D eigenvalue weighted by Gasteiger charge is 2.19. The van der Waals surface area contributed by atoms with Gasteiger partial charge in [-0.25, -0.2) is 0 Å². The zero-order chi connectivity index (χ0) is 11.8. The van der Waals surface area contributed by atoms with E-state index in [0.29, 0.717) is 6.04 Å². The van der Waals surface area contributed by atoms with E-state index in [9.17, 15) is 0 Å². The lowest BCUT2D eigenvalue weighted by atomic mass is 9.83. The molecule has 2 unspecified atom stereocenters. The molecule has 0 bridgehead atoms. The van der Waals surface area contributed by atoms with Gasteiger partial charge in [0.2, 0.25) is 0 Å². The van der Waals surface area contributed by atoms with E-state index in [1.54, 1.807) is 0 Å². The summed E-state index contributed by atoms with van der Waals surface area (Å²) in [5.41, 5.74) is 3.04. The Kier molecular flexibility index (Phi) is 7.06. The maximum atomic E-state index is 5.68. The van der Waals surface area contributed by atoms with E-state index >= 15 is 0 Å². The molecule has 0 aromatic rings. The van der Waals surface area contributed by atoms with E-state index in [-0.39, 0.29) is 0 Å². The fourth-order valence-electron chi connectivity index (χ4n) is 3.15. The van der Waals surface area contributed by atoms with E-state index in [1.807, 2.05) is 0 Å². The molecular weight excluding hydrogens is 196 g/mol. The molecule has 96 valence electrons. The second-order valence-corrected chi connectivity index (χ2v) is 5.73. The smallest absolute Gasteiger partial charge is 0.0215 e. The molecule has 0 spiro atoms. The summed E-state index contributed by atoms with van der Waals surface area (Å²) in [6.45, 7) is 4.62. The van der Waals surface area contributed by atoms with Crippen LogP contribution in [0.5, 0.6) is 0 Å². The number of rotatable bonds is 7. The van der Waals surface area contributed by atoms with Gasteiger partial charge in [-0.1, -0.05) is 58.8 Å². The predicted molar refractivity (Wildman–Crippen MR) is 71.0 cm³/mol. The van der Waals surface area contributed by atoms with Gasteiger partial charge in [0.1, 0.15) is 0 Å². The standard InChI is InChI=1S/C14H30N2/c1-3-7-12(2)10-14(16-15)11-13-8-5-4-6-9-13/h12-14,16H,3-11,15H2,1-2H3. The quantitative estimate of drug-likeness (QED) is 0.514. The Labute approximate surface area is 101 Å². The fourth-order valence-corrected chi connectivity index (χ4v) is 3.15. The van der Waals surface area contributed by atoms with Crippen molar-refractivity contribution in [3.63, 3.8) is 0 Å². The number of nitrogens with two attached hydrogens (primary N) is 1. The van der Waals surface area contributed by atoms with E-state index in [2.05, 4.69) is 19.3 Å². The van der Waals surface area contributed by atoms with Crippen molar-refractivity contribution in [2.24, 2.45) is 17.7 Å². The lowest BCUT2D eigenvalue weighted by molar-refractivity contribution is 0.272. The highest BCUT2D eigenvalue weighted by molar-refractivity contribution is 4.74. The summed E-state index contributed by atoms with van der Waals surface area (Å²) in [6.07, 6.45) is 12.4. The van der Waals surface area contributed by atoms with Gasteiger partial charge in [0, 0.05) is 6.04 Å². The second kappa shape index (κ2) is 8.08. The van der Waals surface area contributed by atoms with Crippen molar-refractivity contribution in [3.8, 4) is 0 Å². The summed E-state index contributed by atoms with van der Waals surface area (Å²) < 4.78 is 0. The molecule has 2 nitrogen and oxygen atoms in total. The van der Waals surface area contributed by atoms with Gasteiger partial charge in [-0.15, -0.1) is 0 Å². The predicted octanol–water partition coefficient (Wildman–Crippen LogP) is 3.62. The molecule has 0 aromatic heterocycles. The number of hydrogen-bond donors (Lipinski definition) is 2. The van der Waals surface area contributed by atoms with E-state index in [1.165, 1.54) is 57.8 Å². The largest absolute Gasteiger partial charge is 0.271 e. The topological polar surface area (TPSA) is 38.0 Å². The molecule has 1 fully saturated rings. The molecule has 0 amide bonds. The molecule has 0 heterocycles. The van der Waals surface area contributed by atoms with Crippen molar-refractivity contribution < 1.29 is 0 Å². The van der Waals surface area contributed by atoms with Crippen molar-refractivity contribution >= 4 is 0 Å². The first-order valence-electron chi connectivity index (χ1n) is 7.22. The van der Waals surface area contributed by atoms with Crippen LogP contribution in [0.4, 0.5) is 0 Å². The highest BCUT2D eigenvalue weighted by atomic mass is 15.2. The Balaban J connectivity index is 2.24. The molecule has 0 radical (unpaired) electrons. The van der Waals surface area contributed by atoms with E-state index in [4.69, 9.17) is 5.84 Å². The minimum absolute atomic E-state index is 0.546. The Morgan fingerprint density at radius 2 is 1.94 bits per heavy atom. The zero-order valence-corrected chi connectivity index (χ0v) is 11.2. The van der Waals surface area contributed by atoms with Crippen molar-refractivity contribution in [2.45, 2.75) is 77.7 Å². The fraction of sp³-hybridized carbons (Fsp3) is 1.00. The third-order valence-electron chi connectivity index (χ3n) is 4.05. The molecule has 2 atom stereocenters. The van der Waals surface area contributed by atoms with Crippen LogP contribution in [0.3, 0.4) is 0 Å². The van der Waals surface area contributed by atoms with Crippen molar-refractivity contribution in [1.29, 1.82) is 0 Å². The van der Waals surface area contributed by atoms with Crippen LogP contribution in [0.25, 0.3) is 0 Å². The Bertz CT molecular complexity index is 164. The molecule has 0 aromatic carbocycles. The first-order valence-corrected chi connectivity index (χ1v) is 7.22. The molecule has 1 saturated carbocycles. The molecule has 1 aliphatic rings. The van der Waals surface area contributed by atoms with Gasteiger partial charge in [0.25, 0.3) is 0 Å².